The molecule has 2 aliphatic rings. The van der Waals surface area contributed by atoms with Gasteiger partial charge in [0.2, 0.25) is 0 Å². The number of hydrogen-bond donors (Lipinski definition) is 2. The van der Waals surface area contributed by atoms with Gasteiger partial charge in [-0.1, -0.05) is 18.2 Å². The Morgan fingerprint density at radius 1 is 1.14 bits per heavy atom. The molecular weight excluding hydrogens is 384 g/mol. The first kappa shape index (κ1) is 19.7. The molecular formula is C23H25ClN4O. The third kappa shape index (κ3) is 4.69. The first-order valence-corrected chi connectivity index (χ1v) is 9.99. The Morgan fingerprint density at radius 2 is 1.97 bits per heavy atom. The lowest BCUT2D eigenvalue weighted by Crippen LogP contribution is -2.20. The van der Waals surface area contributed by atoms with Crippen molar-refractivity contribution in [3.05, 3.63) is 78.4 Å². The molecule has 1 amide bonds. The SMILES string of the molecule is Cl.O=C(Nc1ccc(C2CC2NCC2CC2)cc1)c1cccc(-n2ccnc2)c1. The molecule has 150 valence electrons. The molecule has 5 rings (SSSR count). The van der Waals surface area contributed by atoms with Gasteiger partial charge in [-0.05, 0) is 67.6 Å². The van der Waals surface area contributed by atoms with E-state index < -0.39 is 0 Å². The second-order valence-corrected chi connectivity index (χ2v) is 7.90. The molecule has 2 N–H and O–H groups in total. The van der Waals surface area contributed by atoms with Crippen molar-refractivity contribution in [3.8, 4) is 5.69 Å². The summed E-state index contributed by atoms with van der Waals surface area (Å²) in [4.78, 5) is 16.7. The summed E-state index contributed by atoms with van der Waals surface area (Å²) in [6.07, 6.45) is 9.31. The first-order chi connectivity index (χ1) is 13.8. The minimum absolute atomic E-state index is 0. The van der Waals surface area contributed by atoms with Crippen LogP contribution in [0.2, 0.25) is 0 Å². The van der Waals surface area contributed by atoms with Gasteiger partial charge in [-0.15, -0.1) is 12.4 Å². The van der Waals surface area contributed by atoms with Gasteiger partial charge in [-0.25, -0.2) is 4.98 Å². The fourth-order valence-electron chi connectivity index (χ4n) is 3.67. The quantitative estimate of drug-likeness (QED) is 0.609. The van der Waals surface area contributed by atoms with E-state index in [4.69, 9.17) is 0 Å². The number of carbonyl (C=O) groups is 1. The highest BCUT2D eigenvalue weighted by atomic mass is 35.5. The van der Waals surface area contributed by atoms with Gasteiger partial charge < -0.3 is 15.2 Å². The molecule has 2 aromatic carbocycles. The predicted molar refractivity (Wildman–Crippen MR) is 117 cm³/mol. The minimum atomic E-state index is -0.106. The summed E-state index contributed by atoms with van der Waals surface area (Å²) in [5, 5.41) is 6.67. The van der Waals surface area contributed by atoms with Crippen LogP contribution in [0.5, 0.6) is 0 Å². The van der Waals surface area contributed by atoms with E-state index >= 15 is 0 Å². The highest BCUT2D eigenvalue weighted by Gasteiger charge is 2.38. The maximum absolute atomic E-state index is 12.6. The number of nitrogens with zero attached hydrogens (tertiary/aromatic N) is 2. The Labute approximate surface area is 177 Å². The van der Waals surface area contributed by atoms with E-state index in [-0.39, 0.29) is 18.3 Å². The van der Waals surface area contributed by atoms with E-state index in [1.807, 2.05) is 47.2 Å². The van der Waals surface area contributed by atoms with Gasteiger partial charge in [-0.3, -0.25) is 4.79 Å². The molecule has 0 saturated heterocycles. The number of nitrogens with one attached hydrogen (secondary N) is 2. The fourth-order valence-corrected chi connectivity index (χ4v) is 3.67. The maximum Gasteiger partial charge on any atom is 0.255 e. The molecule has 2 saturated carbocycles. The largest absolute Gasteiger partial charge is 0.322 e. The van der Waals surface area contributed by atoms with Crippen molar-refractivity contribution in [2.24, 2.45) is 5.92 Å². The maximum atomic E-state index is 12.6. The number of amides is 1. The topological polar surface area (TPSA) is 59.0 Å². The third-order valence-corrected chi connectivity index (χ3v) is 5.66. The zero-order valence-electron chi connectivity index (χ0n) is 16.1. The number of aromatic nitrogens is 2. The second kappa shape index (κ2) is 8.39. The van der Waals surface area contributed by atoms with Gasteiger partial charge in [-0.2, -0.15) is 0 Å². The summed E-state index contributed by atoms with van der Waals surface area (Å²) < 4.78 is 1.88. The average molecular weight is 409 g/mol. The number of hydrogen-bond acceptors (Lipinski definition) is 3. The van der Waals surface area contributed by atoms with E-state index in [1.54, 1.807) is 12.5 Å². The molecule has 2 aliphatic carbocycles. The van der Waals surface area contributed by atoms with Crippen LogP contribution in [0.3, 0.4) is 0 Å². The zero-order chi connectivity index (χ0) is 18.9. The van der Waals surface area contributed by atoms with Crippen LogP contribution in [-0.4, -0.2) is 28.0 Å². The highest BCUT2D eigenvalue weighted by molar-refractivity contribution is 6.04. The molecule has 0 spiro atoms. The number of rotatable bonds is 7. The molecule has 2 unspecified atom stereocenters. The summed E-state index contributed by atoms with van der Waals surface area (Å²) >= 11 is 0. The Morgan fingerprint density at radius 3 is 2.69 bits per heavy atom. The van der Waals surface area contributed by atoms with E-state index in [0.717, 1.165) is 17.3 Å². The molecule has 2 atom stereocenters. The number of carbonyl (C=O) groups excluding carboxylic acids is 1. The molecule has 0 bridgehead atoms. The van der Waals surface area contributed by atoms with Gasteiger partial charge in [0.15, 0.2) is 0 Å². The van der Waals surface area contributed by atoms with Crippen molar-refractivity contribution in [2.75, 3.05) is 11.9 Å². The molecule has 6 heteroatoms. The summed E-state index contributed by atoms with van der Waals surface area (Å²) in [6.45, 7) is 1.17. The normalized spacial score (nSPS) is 20.0. The Bertz CT molecular complexity index is 967. The molecule has 1 aromatic heterocycles. The predicted octanol–water partition coefficient (Wildman–Crippen LogP) is 4.40. The van der Waals surface area contributed by atoms with Crippen LogP contribution in [-0.2, 0) is 0 Å². The van der Waals surface area contributed by atoms with Crippen LogP contribution in [0.25, 0.3) is 5.69 Å². The first-order valence-electron chi connectivity index (χ1n) is 9.99. The van der Waals surface area contributed by atoms with Crippen molar-refractivity contribution >= 4 is 24.0 Å². The van der Waals surface area contributed by atoms with Gasteiger partial charge in [0.25, 0.3) is 5.91 Å². The number of halogens is 1. The fraction of sp³-hybridized carbons (Fsp3) is 0.304. The molecule has 29 heavy (non-hydrogen) atoms. The van der Waals surface area contributed by atoms with Crippen LogP contribution in [0.1, 0.15) is 41.1 Å². The monoisotopic (exact) mass is 408 g/mol. The third-order valence-electron chi connectivity index (χ3n) is 5.66. The summed E-state index contributed by atoms with van der Waals surface area (Å²) in [7, 11) is 0. The van der Waals surface area contributed by atoms with Crippen molar-refractivity contribution in [2.45, 2.75) is 31.2 Å². The van der Waals surface area contributed by atoms with Crippen LogP contribution in [0.15, 0.2) is 67.3 Å². The summed E-state index contributed by atoms with van der Waals surface area (Å²) in [5.41, 5.74) is 3.72. The van der Waals surface area contributed by atoms with Crippen LogP contribution in [0, 0.1) is 5.92 Å². The standard InChI is InChI=1S/C23H24N4O.ClH/c28-23(18-2-1-3-20(12-18)27-11-10-24-15-27)26-19-8-6-17(7-9-19)21-13-22(21)25-14-16-4-5-16;/h1-3,6-12,15-16,21-22,25H,4-5,13-14H2,(H,26,28);1H. The van der Waals surface area contributed by atoms with Crippen molar-refractivity contribution in [1.82, 2.24) is 14.9 Å². The molecule has 3 aromatic rings. The van der Waals surface area contributed by atoms with E-state index in [1.165, 1.54) is 31.4 Å². The number of imidazole rings is 1. The van der Waals surface area contributed by atoms with E-state index in [9.17, 15) is 4.79 Å². The molecule has 5 nitrogen and oxygen atoms in total. The van der Waals surface area contributed by atoms with Crippen molar-refractivity contribution in [1.29, 1.82) is 0 Å². The summed E-state index contributed by atoms with van der Waals surface area (Å²) in [6, 6.07) is 16.4. The van der Waals surface area contributed by atoms with E-state index in [0.29, 0.717) is 17.5 Å². The van der Waals surface area contributed by atoms with Crippen molar-refractivity contribution in [3.63, 3.8) is 0 Å². The van der Waals surface area contributed by atoms with Gasteiger partial charge >= 0.3 is 0 Å². The van der Waals surface area contributed by atoms with Gasteiger partial charge in [0, 0.05) is 41.3 Å². The summed E-state index contributed by atoms with van der Waals surface area (Å²) in [5.74, 6) is 1.44. The second-order valence-electron chi connectivity index (χ2n) is 7.90. The number of benzene rings is 2. The lowest BCUT2D eigenvalue weighted by atomic mass is 10.1. The lowest BCUT2D eigenvalue weighted by Gasteiger charge is -2.09. The molecule has 2 fully saturated rings. The minimum Gasteiger partial charge on any atom is -0.322 e. The van der Waals surface area contributed by atoms with E-state index in [2.05, 4.69) is 27.8 Å². The Hall–Kier alpha value is -2.63. The number of anilines is 1. The van der Waals surface area contributed by atoms with Gasteiger partial charge in [0.1, 0.15) is 0 Å². The highest BCUT2D eigenvalue weighted by Crippen LogP contribution is 2.41. The van der Waals surface area contributed by atoms with Crippen LogP contribution in [0.4, 0.5) is 5.69 Å². The van der Waals surface area contributed by atoms with Crippen molar-refractivity contribution < 1.29 is 4.79 Å². The Balaban J connectivity index is 0.00000205. The smallest absolute Gasteiger partial charge is 0.255 e. The zero-order valence-corrected chi connectivity index (χ0v) is 16.9. The van der Waals surface area contributed by atoms with Gasteiger partial charge in [0.05, 0.1) is 6.33 Å². The van der Waals surface area contributed by atoms with Crippen LogP contribution < -0.4 is 10.6 Å². The Kier molecular flexibility index (Phi) is 5.69. The lowest BCUT2D eigenvalue weighted by molar-refractivity contribution is 0.102. The van der Waals surface area contributed by atoms with Crippen LogP contribution >= 0.6 is 12.4 Å². The molecule has 0 aliphatic heterocycles. The average Bonchev–Trinajstić information content (AvgIpc) is 3.64. The molecule has 1 heterocycles. The molecule has 0 radical (unpaired) electrons.